The van der Waals surface area contributed by atoms with Gasteiger partial charge in [-0.15, -0.1) is 0 Å². The van der Waals surface area contributed by atoms with Gasteiger partial charge >= 0.3 is 0 Å². The number of carbonyl (C=O) groups excluding carboxylic acids is 1. The third-order valence-electron chi connectivity index (χ3n) is 2.03. The van der Waals surface area contributed by atoms with E-state index in [1.807, 2.05) is 24.3 Å². The Labute approximate surface area is 101 Å². The van der Waals surface area contributed by atoms with Crippen LogP contribution in [0.5, 0.6) is 0 Å². The summed E-state index contributed by atoms with van der Waals surface area (Å²) in [5.41, 5.74) is 1.60. The van der Waals surface area contributed by atoms with E-state index < -0.39 is 0 Å². The van der Waals surface area contributed by atoms with Gasteiger partial charge in [0.1, 0.15) is 0 Å². The van der Waals surface area contributed by atoms with Crippen molar-refractivity contribution in [1.82, 2.24) is 4.98 Å². The molecular formula is C11H9IN2O. The Morgan fingerprint density at radius 1 is 1.40 bits per heavy atom. The lowest BCUT2D eigenvalue weighted by Gasteiger charge is -2.06. The molecule has 4 heteroatoms. The predicted octanol–water partition coefficient (Wildman–Crippen LogP) is 2.80. The molecule has 0 aliphatic carbocycles. The van der Waals surface area contributed by atoms with E-state index in [0.29, 0.717) is 0 Å². The molecule has 0 saturated carbocycles. The Hall–Kier alpha value is -1.17. The molecule has 3 nitrogen and oxygen atoms in total. The van der Waals surface area contributed by atoms with Crippen LogP contribution in [0.2, 0.25) is 0 Å². The van der Waals surface area contributed by atoms with Crippen molar-refractivity contribution < 1.29 is 4.79 Å². The smallest absolute Gasteiger partial charge is 0.221 e. The number of hydrogen-bond acceptors (Lipinski definition) is 2. The van der Waals surface area contributed by atoms with E-state index >= 15 is 0 Å². The Morgan fingerprint density at radius 3 is 2.93 bits per heavy atom. The second kappa shape index (κ2) is 4.14. The first-order valence-electron chi connectivity index (χ1n) is 4.49. The maximum Gasteiger partial charge on any atom is 0.221 e. The number of anilines is 1. The maximum absolute atomic E-state index is 11.0. The molecule has 0 unspecified atom stereocenters. The minimum atomic E-state index is -0.0804. The van der Waals surface area contributed by atoms with E-state index in [2.05, 4.69) is 32.9 Å². The number of halogens is 1. The highest BCUT2D eigenvalue weighted by Crippen LogP contribution is 2.25. The van der Waals surface area contributed by atoms with Gasteiger partial charge in [0.15, 0.2) is 0 Å². The average Bonchev–Trinajstić information content (AvgIpc) is 2.22. The number of aromatic nitrogens is 1. The summed E-state index contributed by atoms with van der Waals surface area (Å²) < 4.78 is 1.13. The van der Waals surface area contributed by atoms with Gasteiger partial charge in [-0.25, -0.2) is 0 Å². The number of rotatable bonds is 1. The fourth-order valence-corrected chi connectivity index (χ4v) is 2.04. The molecular weight excluding hydrogens is 303 g/mol. The van der Waals surface area contributed by atoms with E-state index in [1.54, 1.807) is 6.20 Å². The highest BCUT2D eigenvalue weighted by molar-refractivity contribution is 14.1. The number of amides is 1. The van der Waals surface area contributed by atoms with E-state index in [0.717, 1.165) is 20.2 Å². The molecule has 1 heterocycles. The molecule has 1 aromatic heterocycles. The van der Waals surface area contributed by atoms with Gasteiger partial charge in [-0.2, -0.15) is 0 Å². The third-order valence-corrected chi connectivity index (χ3v) is 2.97. The van der Waals surface area contributed by atoms with Crippen LogP contribution < -0.4 is 5.32 Å². The molecule has 2 aromatic rings. The molecule has 0 spiro atoms. The normalized spacial score (nSPS) is 10.3. The first-order valence-corrected chi connectivity index (χ1v) is 5.57. The van der Waals surface area contributed by atoms with Gasteiger partial charge in [0.25, 0.3) is 0 Å². The van der Waals surface area contributed by atoms with Crippen molar-refractivity contribution in [2.45, 2.75) is 6.92 Å². The highest BCUT2D eigenvalue weighted by Gasteiger charge is 2.05. The van der Waals surface area contributed by atoms with Gasteiger partial charge in [0, 0.05) is 22.1 Å². The van der Waals surface area contributed by atoms with Gasteiger partial charge in [-0.3, -0.25) is 9.78 Å². The van der Waals surface area contributed by atoms with Crippen molar-refractivity contribution in [3.8, 4) is 0 Å². The number of carbonyl (C=O) groups is 1. The lowest BCUT2D eigenvalue weighted by molar-refractivity contribution is -0.114. The van der Waals surface area contributed by atoms with Crippen molar-refractivity contribution >= 4 is 45.1 Å². The van der Waals surface area contributed by atoms with Crippen LogP contribution in [0.3, 0.4) is 0 Å². The lowest BCUT2D eigenvalue weighted by atomic mass is 10.2. The minimum Gasteiger partial charge on any atom is -0.324 e. The maximum atomic E-state index is 11.0. The van der Waals surface area contributed by atoms with Crippen molar-refractivity contribution in [1.29, 1.82) is 0 Å². The molecule has 0 fully saturated rings. The van der Waals surface area contributed by atoms with E-state index in [9.17, 15) is 4.79 Å². The van der Waals surface area contributed by atoms with Crippen LogP contribution in [0.4, 0.5) is 5.69 Å². The molecule has 1 N–H and O–H groups in total. The van der Waals surface area contributed by atoms with Crippen molar-refractivity contribution in [2.24, 2.45) is 0 Å². The number of nitrogens with zero attached hydrogens (tertiary/aromatic N) is 1. The van der Waals surface area contributed by atoms with Crippen LogP contribution in [0, 0.1) is 3.57 Å². The summed E-state index contributed by atoms with van der Waals surface area (Å²) in [5.74, 6) is -0.0804. The molecule has 2 rings (SSSR count). The molecule has 0 atom stereocenters. The Kier molecular flexibility index (Phi) is 2.86. The lowest BCUT2D eigenvalue weighted by Crippen LogP contribution is -2.06. The molecule has 0 aliphatic heterocycles. The van der Waals surface area contributed by atoms with Gasteiger partial charge in [0.05, 0.1) is 11.2 Å². The van der Waals surface area contributed by atoms with E-state index in [-0.39, 0.29) is 5.91 Å². The van der Waals surface area contributed by atoms with E-state index in [1.165, 1.54) is 6.92 Å². The van der Waals surface area contributed by atoms with Crippen molar-refractivity contribution in [3.05, 3.63) is 34.0 Å². The third kappa shape index (κ3) is 2.09. The van der Waals surface area contributed by atoms with E-state index in [4.69, 9.17) is 0 Å². The fourth-order valence-electron chi connectivity index (χ4n) is 1.43. The summed E-state index contributed by atoms with van der Waals surface area (Å²) in [6.45, 7) is 1.49. The largest absolute Gasteiger partial charge is 0.324 e. The highest BCUT2D eigenvalue weighted by atomic mass is 127. The van der Waals surface area contributed by atoms with Crippen LogP contribution in [0.1, 0.15) is 6.92 Å². The van der Waals surface area contributed by atoms with Crippen molar-refractivity contribution in [3.63, 3.8) is 0 Å². The number of hydrogen-bond donors (Lipinski definition) is 1. The summed E-state index contributed by atoms with van der Waals surface area (Å²) in [4.78, 5) is 15.3. The number of nitrogens with one attached hydrogen (secondary N) is 1. The molecule has 0 radical (unpaired) electrons. The van der Waals surface area contributed by atoms with Gasteiger partial charge < -0.3 is 5.32 Å². The van der Waals surface area contributed by atoms with Crippen LogP contribution in [-0.2, 0) is 4.79 Å². The molecule has 1 amide bonds. The van der Waals surface area contributed by atoms with Crippen LogP contribution >= 0.6 is 22.6 Å². The molecule has 0 saturated heterocycles. The molecule has 0 aliphatic rings. The van der Waals surface area contributed by atoms with Crippen LogP contribution in [0.15, 0.2) is 30.5 Å². The van der Waals surface area contributed by atoms with Gasteiger partial charge in [-0.05, 0) is 40.8 Å². The second-order valence-electron chi connectivity index (χ2n) is 3.18. The quantitative estimate of drug-likeness (QED) is 0.823. The first kappa shape index (κ1) is 10.4. The summed E-state index contributed by atoms with van der Waals surface area (Å²) in [5, 5.41) is 3.83. The molecule has 76 valence electrons. The summed E-state index contributed by atoms with van der Waals surface area (Å²) in [6.07, 6.45) is 1.73. The second-order valence-corrected chi connectivity index (χ2v) is 4.34. The van der Waals surface area contributed by atoms with Gasteiger partial charge in [-0.1, -0.05) is 6.07 Å². The summed E-state index contributed by atoms with van der Waals surface area (Å²) in [7, 11) is 0. The van der Waals surface area contributed by atoms with Crippen molar-refractivity contribution in [2.75, 3.05) is 5.32 Å². The predicted molar refractivity (Wildman–Crippen MR) is 68.8 cm³/mol. The SMILES string of the molecule is CC(=O)Nc1ccc(I)c2cccnc12. The standard InChI is InChI=1S/C11H9IN2O/c1-7(15)14-10-5-4-9(12)8-3-2-6-13-11(8)10/h2-6H,1H3,(H,14,15). The summed E-state index contributed by atoms with van der Waals surface area (Å²) >= 11 is 2.26. The number of pyridine rings is 1. The zero-order valence-electron chi connectivity index (χ0n) is 8.12. The summed E-state index contributed by atoms with van der Waals surface area (Å²) in [6, 6.07) is 7.73. The fraction of sp³-hybridized carbons (Fsp3) is 0.0909. The minimum absolute atomic E-state index is 0.0804. The monoisotopic (exact) mass is 312 g/mol. The number of fused-ring (bicyclic) bond motifs is 1. The average molecular weight is 312 g/mol. The first-order chi connectivity index (χ1) is 7.18. The van der Waals surface area contributed by atoms with Crippen LogP contribution in [-0.4, -0.2) is 10.9 Å². The molecule has 0 bridgehead atoms. The Balaban J connectivity index is 2.66. The number of benzene rings is 1. The zero-order valence-corrected chi connectivity index (χ0v) is 10.3. The topological polar surface area (TPSA) is 42.0 Å². The zero-order chi connectivity index (χ0) is 10.8. The Bertz CT molecular complexity index is 525. The Morgan fingerprint density at radius 2 is 2.20 bits per heavy atom. The molecule has 15 heavy (non-hydrogen) atoms. The molecule has 1 aromatic carbocycles. The van der Waals surface area contributed by atoms with Gasteiger partial charge in [0.2, 0.25) is 5.91 Å². The van der Waals surface area contributed by atoms with Crippen LogP contribution in [0.25, 0.3) is 10.9 Å².